The van der Waals surface area contributed by atoms with Crippen LogP contribution < -0.4 is 16.1 Å². The van der Waals surface area contributed by atoms with E-state index in [1.165, 1.54) is 0 Å². The number of nitrogens with one attached hydrogen (secondary N) is 3. The molecule has 2 atom stereocenters. The molecule has 1 aliphatic rings. The molecule has 0 saturated carbocycles. The molecule has 5 rings (SSSR count). The Morgan fingerprint density at radius 1 is 1.00 bits per heavy atom. The number of hydrogen-bond donors (Lipinski definition) is 4. The fourth-order valence-corrected chi connectivity index (χ4v) is 5.02. The molecule has 0 aliphatic carbocycles. The van der Waals surface area contributed by atoms with Gasteiger partial charge in [0, 0.05) is 29.3 Å². The highest BCUT2D eigenvalue weighted by Gasteiger charge is 2.40. The number of hydrogen-bond acceptors (Lipinski definition) is 6. The van der Waals surface area contributed by atoms with Gasteiger partial charge in [0.1, 0.15) is 6.04 Å². The Hall–Kier alpha value is -4.44. The molecule has 9 nitrogen and oxygen atoms in total. The number of rotatable bonds is 8. The predicted octanol–water partition coefficient (Wildman–Crippen LogP) is 5.24. The maximum Gasteiger partial charge on any atom is 0.326 e. The van der Waals surface area contributed by atoms with Crippen molar-refractivity contribution in [3.8, 4) is 0 Å². The van der Waals surface area contributed by atoms with Crippen molar-refractivity contribution >= 4 is 63.3 Å². The Bertz CT molecular complexity index is 1670. The Morgan fingerprint density at radius 3 is 2.41 bits per heavy atom. The summed E-state index contributed by atoms with van der Waals surface area (Å²) in [6, 6.07) is 19.5. The number of carboxylic acids is 1. The third-order valence-corrected chi connectivity index (χ3v) is 7.25. The van der Waals surface area contributed by atoms with Gasteiger partial charge in [-0.3, -0.25) is 24.9 Å². The molecule has 0 spiro atoms. The van der Waals surface area contributed by atoms with E-state index in [0.717, 1.165) is 16.5 Å². The molecule has 2 amide bonds. The molecule has 1 aromatic heterocycles. The van der Waals surface area contributed by atoms with Crippen molar-refractivity contribution in [2.75, 3.05) is 5.32 Å². The Morgan fingerprint density at radius 2 is 1.71 bits per heavy atom. The number of benzene rings is 3. The second kappa shape index (κ2) is 11.6. The van der Waals surface area contributed by atoms with Gasteiger partial charge < -0.3 is 15.7 Å². The summed E-state index contributed by atoms with van der Waals surface area (Å²) < 4.78 is 0. The number of carbonyl (C=O) groups is 3. The largest absolute Gasteiger partial charge is 0.480 e. The lowest BCUT2D eigenvalue weighted by molar-refractivity contribution is -0.148. The first kappa shape index (κ1) is 28.1. The SMILES string of the molecule is C[C@@]1(C(=O)NC(Cc2ccc(NC(=O)c3c(Cl)cccc3Cl)cc2)C(=O)O)C=C(c2cccc3ncccc23)NO1. The van der Waals surface area contributed by atoms with E-state index in [2.05, 4.69) is 21.1 Å². The molecule has 41 heavy (non-hydrogen) atoms. The first-order valence-corrected chi connectivity index (χ1v) is 13.3. The standard InChI is InChI=1S/C30H24Cl2N4O5/c1-30(16-25(36-41-30)20-5-2-9-23-19(20)6-4-14-33-23)29(40)35-24(28(38)39)15-17-10-12-18(13-11-17)34-27(37)26-21(31)7-3-8-22(26)32/h2-14,16,24,36H,15H2,1H3,(H,34,37)(H,35,40)(H,38,39)/t24?,30-/m0/s1. The van der Waals surface area contributed by atoms with Crippen molar-refractivity contribution in [1.29, 1.82) is 0 Å². The van der Waals surface area contributed by atoms with Gasteiger partial charge in [0.2, 0.25) is 0 Å². The van der Waals surface area contributed by atoms with E-state index in [1.807, 2.05) is 30.3 Å². The van der Waals surface area contributed by atoms with Crippen LogP contribution in [0.25, 0.3) is 16.6 Å². The van der Waals surface area contributed by atoms with Gasteiger partial charge in [-0.15, -0.1) is 0 Å². The molecule has 11 heteroatoms. The zero-order valence-electron chi connectivity index (χ0n) is 21.7. The molecule has 208 valence electrons. The molecule has 2 heterocycles. The summed E-state index contributed by atoms with van der Waals surface area (Å²) in [7, 11) is 0. The van der Waals surface area contributed by atoms with Crippen LogP contribution in [0, 0.1) is 0 Å². The van der Waals surface area contributed by atoms with Crippen molar-refractivity contribution in [1.82, 2.24) is 15.8 Å². The van der Waals surface area contributed by atoms with Crippen LogP contribution in [0.3, 0.4) is 0 Å². The van der Waals surface area contributed by atoms with Gasteiger partial charge in [-0.2, -0.15) is 0 Å². The molecule has 0 fully saturated rings. The summed E-state index contributed by atoms with van der Waals surface area (Å²) in [5.74, 6) is -2.30. The van der Waals surface area contributed by atoms with Gasteiger partial charge in [-0.25, -0.2) is 4.79 Å². The number of hydroxylamine groups is 1. The van der Waals surface area contributed by atoms with E-state index in [1.54, 1.807) is 61.7 Å². The van der Waals surface area contributed by atoms with Crippen LogP contribution in [0.1, 0.15) is 28.4 Å². The summed E-state index contributed by atoms with van der Waals surface area (Å²) in [6.45, 7) is 1.55. The molecular formula is C30H24Cl2N4O5. The fraction of sp³-hybridized carbons (Fsp3) is 0.133. The normalized spacial score (nSPS) is 16.9. The van der Waals surface area contributed by atoms with Crippen LogP contribution in [0.2, 0.25) is 10.0 Å². The fourth-order valence-electron chi connectivity index (χ4n) is 4.45. The van der Waals surface area contributed by atoms with E-state index in [-0.39, 0.29) is 22.0 Å². The Labute approximate surface area is 245 Å². The average molecular weight is 591 g/mol. The first-order valence-electron chi connectivity index (χ1n) is 12.5. The molecule has 0 saturated heterocycles. The predicted molar refractivity (Wildman–Crippen MR) is 156 cm³/mol. The number of fused-ring (bicyclic) bond motifs is 1. The van der Waals surface area contributed by atoms with Crippen molar-refractivity contribution < 1.29 is 24.3 Å². The maximum absolute atomic E-state index is 13.2. The minimum atomic E-state index is -1.46. The average Bonchev–Trinajstić information content (AvgIpc) is 3.36. The summed E-state index contributed by atoms with van der Waals surface area (Å²) in [4.78, 5) is 47.9. The third-order valence-electron chi connectivity index (χ3n) is 6.62. The van der Waals surface area contributed by atoms with Crippen LogP contribution in [0.4, 0.5) is 5.69 Å². The van der Waals surface area contributed by atoms with Crippen molar-refractivity contribution in [3.63, 3.8) is 0 Å². The molecule has 1 unspecified atom stereocenters. The van der Waals surface area contributed by atoms with Gasteiger partial charge >= 0.3 is 5.97 Å². The maximum atomic E-state index is 13.2. The van der Waals surface area contributed by atoms with Gasteiger partial charge in [-0.1, -0.05) is 59.6 Å². The first-order chi connectivity index (χ1) is 19.6. The third kappa shape index (κ3) is 6.02. The highest BCUT2D eigenvalue weighted by Crippen LogP contribution is 2.30. The van der Waals surface area contributed by atoms with Crippen LogP contribution in [-0.4, -0.2) is 39.5 Å². The summed E-state index contributed by atoms with van der Waals surface area (Å²) in [5.41, 5.74) is 4.75. The van der Waals surface area contributed by atoms with Gasteiger partial charge in [0.15, 0.2) is 5.60 Å². The molecule has 0 radical (unpaired) electrons. The number of carbonyl (C=O) groups excluding carboxylic acids is 2. The van der Waals surface area contributed by atoms with Crippen molar-refractivity contribution in [2.45, 2.75) is 25.0 Å². The Balaban J connectivity index is 1.26. The monoisotopic (exact) mass is 590 g/mol. The molecule has 4 N–H and O–H groups in total. The van der Waals surface area contributed by atoms with Gasteiger partial charge in [-0.05, 0) is 55.0 Å². The molecule has 3 aromatic carbocycles. The van der Waals surface area contributed by atoms with Gasteiger partial charge in [0.25, 0.3) is 11.8 Å². The number of aromatic nitrogens is 1. The van der Waals surface area contributed by atoms with E-state index in [0.29, 0.717) is 16.9 Å². The minimum absolute atomic E-state index is 0.000708. The van der Waals surface area contributed by atoms with E-state index < -0.39 is 29.4 Å². The number of halogens is 2. The number of nitrogens with zero attached hydrogens (tertiary/aromatic N) is 1. The number of anilines is 1. The Kier molecular flexibility index (Phi) is 7.94. The summed E-state index contributed by atoms with van der Waals surface area (Å²) in [5, 5.41) is 16.4. The van der Waals surface area contributed by atoms with Crippen molar-refractivity contribution in [3.05, 3.63) is 112 Å². The van der Waals surface area contributed by atoms with E-state index in [9.17, 15) is 19.5 Å². The lowest BCUT2D eigenvalue weighted by atomic mass is 9.99. The molecule has 4 aromatic rings. The van der Waals surface area contributed by atoms with Crippen LogP contribution >= 0.6 is 23.2 Å². The van der Waals surface area contributed by atoms with E-state index in [4.69, 9.17) is 28.0 Å². The van der Waals surface area contributed by atoms with E-state index >= 15 is 0 Å². The molecule has 1 aliphatic heterocycles. The molecule has 0 bridgehead atoms. The van der Waals surface area contributed by atoms with Crippen LogP contribution in [0.5, 0.6) is 0 Å². The second-order valence-corrected chi connectivity index (χ2v) is 10.4. The number of carboxylic acid groups (broad SMARTS) is 1. The smallest absolute Gasteiger partial charge is 0.326 e. The number of aliphatic carboxylic acids is 1. The van der Waals surface area contributed by atoms with Crippen molar-refractivity contribution in [2.24, 2.45) is 0 Å². The zero-order valence-corrected chi connectivity index (χ0v) is 23.2. The zero-order chi connectivity index (χ0) is 29.1. The quantitative estimate of drug-likeness (QED) is 0.221. The highest BCUT2D eigenvalue weighted by molar-refractivity contribution is 6.40. The highest BCUT2D eigenvalue weighted by atomic mass is 35.5. The lowest BCUT2D eigenvalue weighted by Gasteiger charge is -2.22. The molecular weight excluding hydrogens is 567 g/mol. The minimum Gasteiger partial charge on any atom is -0.480 e. The number of amides is 2. The topological polar surface area (TPSA) is 130 Å². The van der Waals surface area contributed by atoms with Crippen LogP contribution in [0.15, 0.2) is 85.1 Å². The summed E-state index contributed by atoms with van der Waals surface area (Å²) in [6.07, 6.45) is 3.31. The lowest BCUT2D eigenvalue weighted by Crippen LogP contribution is -2.51. The van der Waals surface area contributed by atoms with Crippen LogP contribution in [-0.2, 0) is 20.8 Å². The van der Waals surface area contributed by atoms with Gasteiger partial charge in [0.05, 0.1) is 26.8 Å². The number of pyridine rings is 1. The summed E-state index contributed by atoms with van der Waals surface area (Å²) >= 11 is 12.2. The second-order valence-electron chi connectivity index (χ2n) is 9.56.